The van der Waals surface area contributed by atoms with Gasteiger partial charge in [0.2, 0.25) is 0 Å². The minimum Gasteiger partial charge on any atom is -0.277 e. The van der Waals surface area contributed by atoms with Crippen molar-refractivity contribution in [2.24, 2.45) is 10.2 Å². The maximum Gasteiger partial charge on any atom is 0.289 e. The van der Waals surface area contributed by atoms with Crippen LogP contribution in [0.1, 0.15) is 0 Å². The van der Waals surface area contributed by atoms with Crippen LogP contribution >= 0.6 is 23.2 Å². The predicted molar refractivity (Wildman–Crippen MR) is 111 cm³/mol. The topological polar surface area (TPSA) is 114 Å². The van der Waals surface area contributed by atoms with Gasteiger partial charge in [-0.25, -0.2) is 8.42 Å². The van der Waals surface area contributed by atoms with Crippen molar-refractivity contribution in [3.05, 3.63) is 86.9 Å². The lowest BCUT2D eigenvalue weighted by Crippen LogP contribution is -2.14. The number of rotatable bonds is 6. The molecule has 0 aliphatic carbocycles. The van der Waals surface area contributed by atoms with Gasteiger partial charge in [-0.1, -0.05) is 35.3 Å². The molecule has 0 unspecified atom stereocenters. The summed E-state index contributed by atoms with van der Waals surface area (Å²) in [5.74, 6) is 0. The van der Waals surface area contributed by atoms with Crippen molar-refractivity contribution in [2.75, 3.05) is 4.72 Å². The van der Waals surface area contributed by atoms with Crippen LogP contribution in [0.2, 0.25) is 10.0 Å². The zero-order valence-electron chi connectivity index (χ0n) is 14.5. The molecule has 0 heterocycles. The van der Waals surface area contributed by atoms with Crippen molar-refractivity contribution < 1.29 is 13.3 Å². The van der Waals surface area contributed by atoms with E-state index in [2.05, 4.69) is 15.0 Å². The SMILES string of the molecule is O=[N+]([O-])c1ccccc1S(=O)(=O)Nc1cc(Cl)ccc1N=Nc1ccc(Cl)cc1. The number of benzene rings is 3. The number of hydrogen-bond acceptors (Lipinski definition) is 6. The largest absolute Gasteiger partial charge is 0.289 e. The van der Waals surface area contributed by atoms with E-state index < -0.39 is 25.5 Å². The third kappa shape index (κ3) is 5.08. The molecule has 11 heteroatoms. The number of nitrogens with zero attached hydrogens (tertiary/aromatic N) is 3. The molecule has 0 spiro atoms. The number of halogens is 2. The Morgan fingerprint density at radius 1 is 0.897 bits per heavy atom. The van der Waals surface area contributed by atoms with Crippen LogP contribution in [0.4, 0.5) is 22.7 Å². The van der Waals surface area contributed by atoms with E-state index in [0.29, 0.717) is 10.7 Å². The maximum absolute atomic E-state index is 12.8. The van der Waals surface area contributed by atoms with Gasteiger partial charge in [-0.2, -0.15) is 5.11 Å². The van der Waals surface area contributed by atoms with E-state index >= 15 is 0 Å². The molecule has 0 aliphatic heterocycles. The van der Waals surface area contributed by atoms with Crippen LogP contribution in [0.25, 0.3) is 0 Å². The van der Waals surface area contributed by atoms with Crippen LogP contribution < -0.4 is 4.72 Å². The number of nitro groups is 1. The van der Waals surface area contributed by atoms with Gasteiger partial charge in [0.05, 0.1) is 16.3 Å². The average molecular weight is 451 g/mol. The van der Waals surface area contributed by atoms with Crippen LogP contribution in [0.3, 0.4) is 0 Å². The Balaban J connectivity index is 1.98. The summed E-state index contributed by atoms with van der Waals surface area (Å²) in [5, 5.41) is 20.0. The molecule has 0 amide bonds. The standard InChI is InChI=1S/C18H12Cl2N4O4S/c19-12-5-8-14(9-6-12)21-22-15-10-7-13(20)11-16(15)23-29(27,28)18-4-2-1-3-17(18)24(25)26/h1-11,23H. The zero-order valence-corrected chi connectivity index (χ0v) is 16.8. The Bertz CT molecular complexity index is 1200. The molecule has 0 saturated carbocycles. The Morgan fingerprint density at radius 3 is 2.24 bits per heavy atom. The van der Waals surface area contributed by atoms with Crippen LogP contribution in [0.5, 0.6) is 0 Å². The molecule has 0 radical (unpaired) electrons. The minimum absolute atomic E-state index is 0.0216. The summed E-state index contributed by atoms with van der Waals surface area (Å²) >= 11 is 11.8. The van der Waals surface area contributed by atoms with Gasteiger partial charge in [0.1, 0.15) is 5.69 Å². The van der Waals surface area contributed by atoms with Crippen LogP contribution in [-0.4, -0.2) is 13.3 Å². The van der Waals surface area contributed by atoms with Gasteiger partial charge in [0.25, 0.3) is 15.7 Å². The van der Waals surface area contributed by atoms with Crippen LogP contribution in [0, 0.1) is 10.1 Å². The van der Waals surface area contributed by atoms with Crippen molar-refractivity contribution in [3.63, 3.8) is 0 Å². The van der Waals surface area contributed by atoms with Crippen LogP contribution in [-0.2, 0) is 10.0 Å². The monoisotopic (exact) mass is 450 g/mol. The first-order valence-corrected chi connectivity index (χ1v) is 10.2. The summed E-state index contributed by atoms with van der Waals surface area (Å²) in [5.41, 5.74) is 0.142. The molecule has 8 nitrogen and oxygen atoms in total. The Morgan fingerprint density at radius 2 is 1.55 bits per heavy atom. The molecule has 0 saturated heterocycles. The molecule has 0 aromatic heterocycles. The number of hydrogen-bond donors (Lipinski definition) is 1. The van der Waals surface area contributed by atoms with Crippen LogP contribution in [0.15, 0.2) is 81.9 Å². The molecule has 29 heavy (non-hydrogen) atoms. The van der Waals surface area contributed by atoms with E-state index in [9.17, 15) is 18.5 Å². The van der Waals surface area contributed by atoms with Crippen molar-refractivity contribution in [3.8, 4) is 0 Å². The fourth-order valence-electron chi connectivity index (χ4n) is 2.33. The van der Waals surface area contributed by atoms with Crippen molar-refractivity contribution in [1.29, 1.82) is 0 Å². The second kappa shape index (κ2) is 8.56. The summed E-state index contributed by atoms with van der Waals surface area (Å²) in [6.07, 6.45) is 0. The molecule has 0 aliphatic rings. The molecule has 1 N–H and O–H groups in total. The predicted octanol–water partition coefficient (Wildman–Crippen LogP) is 6.12. The maximum atomic E-state index is 12.8. The Hall–Kier alpha value is -3.01. The first-order chi connectivity index (χ1) is 13.8. The summed E-state index contributed by atoms with van der Waals surface area (Å²) < 4.78 is 27.8. The number of nitrogens with one attached hydrogen (secondary N) is 1. The smallest absolute Gasteiger partial charge is 0.277 e. The highest BCUT2D eigenvalue weighted by Crippen LogP contribution is 2.33. The fourth-order valence-corrected chi connectivity index (χ4v) is 3.87. The Kier molecular flexibility index (Phi) is 6.12. The van der Waals surface area contributed by atoms with Gasteiger partial charge >= 0.3 is 0 Å². The van der Waals surface area contributed by atoms with E-state index in [-0.39, 0.29) is 16.4 Å². The number of azo groups is 1. The molecular weight excluding hydrogens is 439 g/mol. The van der Waals surface area contributed by atoms with Gasteiger partial charge in [-0.15, -0.1) is 5.11 Å². The molecular formula is C18H12Cl2N4O4S. The summed E-state index contributed by atoms with van der Waals surface area (Å²) in [7, 11) is -4.29. The second-order valence-electron chi connectivity index (χ2n) is 5.67. The Labute approximate surface area is 176 Å². The summed E-state index contributed by atoms with van der Waals surface area (Å²) in [6, 6.07) is 15.9. The van der Waals surface area contributed by atoms with Crippen molar-refractivity contribution in [1.82, 2.24) is 0 Å². The quantitative estimate of drug-likeness (QED) is 0.276. The average Bonchev–Trinajstić information content (AvgIpc) is 2.68. The van der Waals surface area contributed by atoms with Crippen molar-refractivity contribution in [2.45, 2.75) is 4.90 Å². The summed E-state index contributed by atoms with van der Waals surface area (Å²) in [4.78, 5) is 9.92. The highest BCUT2D eigenvalue weighted by atomic mass is 35.5. The first kappa shape index (κ1) is 20.7. The fraction of sp³-hybridized carbons (Fsp3) is 0. The molecule has 0 fully saturated rings. The third-order valence-corrected chi connectivity index (χ3v) is 5.55. The van der Waals surface area contributed by atoms with Crippen molar-refractivity contribution >= 4 is 56.0 Å². The molecule has 0 bridgehead atoms. The van der Waals surface area contributed by atoms with Gasteiger partial charge in [0.15, 0.2) is 4.90 Å². The van der Waals surface area contributed by atoms with E-state index in [1.54, 1.807) is 24.3 Å². The third-order valence-electron chi connectivity index (χ3n) is 3.65. The van der Waals surface area contributed by atoms with E-state index in [4.69, 9.17) is 23.2 Å². The van der Waals surface area contributed by atoms with E-state index in [1.807, 2.05) is 0 Å². The first-order valence-electron chi connectivity index (χ1n) is 7.99. The lowest BCUT2D eigenvalue weighted by atomic mass is 10.3. The number of para-hydroxylation sites is 1. The number of sulfonamides is 1. The molecule has 148 valence electrons. The number of anilines is 1. The second-order valence-corrected chi connectivity index (χ2v) is 8.19. The molecule has 0 atom stereocenters. The minimum atomic E-state index is -4.29. The van der Waals surface area contributed by atoms with E-state index in [0.717, 1.165) is 12.1 Å². The lowest BCUT2D eigenvalue weighted by molar-refractivity contribution is -0.387. The molecule has 3 aromatic carbocycles. The summed E-state index contributed by atoms with van der Waals surface area (Å²) in [6.45, 7) is 0. The molecule has 3 aromatic rings. The van der Waals surface area contributed by atoms with Gasteiger partial charge in [-0.3, -0.25) is 14.8 Å². The van der Waals surface area contributed by atoms with Gasteiger partial charge in [0, 0.05) is 16.1 Å². The highest BCUT2D eigenvalue weighted by Gasteiger charge is 2.26. The normalized spacial score (nSPS) is 11.5. The van der Waals surface area contributed by atoms with Gasteiger partial charge < -0.3 is 0 Å². The lowest BCUT2D eigenvalue weighted by Gasteiger charge is -2.10. The highest BCUT2D eigenvalue weighted by molar-refractivity contribution is 7.92. The molecule has 3 rings (SSSR count). The van der Waals surface area contributed by atoms with Gasteiger partial charge in [-0.05, 0) is 48.5 Å². The van der Waals surface area contributed by atoms with E-state index in [1.165, 1.54) is 30.3 Å². The zero-order chi connectivity index (χ0) is 21.0. The number of nitro benzene ring substituents is 1.